The molecule has 0 fully saturated rings. The number of hydrogen-bond donors (Lipinski definition) is 1. The zero-order chi connectivity index (χ0) is 18.1. The number of rotatable bonds is 5. The second-order valence-corrected chi connectivity index (χ2v) is 7.86. The van der Waals surface area contributed by atoms with Gasteiger partial charge in [-0.3, -0.25) is 4.79 Å². The van der Waals surface area contributed by atoms with Crippen LogP contribution in [0, 0.1) is 5.82 Å². The zero-order valence-electron chi connectivity index (χ0n) is 14.0. The fraction of sp³-hybridized carbons (Fsp3) is 0.150. The average molecular weight is 385 g/mol. The van der Waals surface area contributed by atoms with Gasteiger partial charge in [0.1, 0.15) is 5.82 Å². The molecule has 0 saturated heterocycles. The third-order valence-electron chi connectivity index (χ3n) is 4.26. The SMILES string of the molecule is COCc1c(C(=O)NCc2csc3ccccc23)sc2cccc(F)c12. The molecular weight excluding hydrogens is 369 g/mol. The zero-order valence-corrected chi connectivity index (χ0v) is 15.7. The van der Waals surface area contributed by atoms with Gasteiger partial charge in [-0.15, -0.1) is 22.7 Å². The molecule has 0 bridgehead atoms. The maximum atomic E-state index is 14.3. The van der Waals surface area contributed by atoms with Crippen molar-refractivity contribution in [3.05, 3.63) is 69.7 Å². The number of methoxy groups -OCH3 is 1. The molecule has 1 N–H and O–H groups in total. The normalized spacial score (nSPS) is 11.3. The van der Waals surface area contributed by atoms with Gasteiger partial charge in [0.25, 0.3) is 5.91 Å². The standard InChI is InChI=1S/C20H16FNO2S2/c1-24-10-14-18-15(21)6-4-8-17(18)26-19(14)20(23)22-9-12-11-25-16-7-3-2-5-13(12)16/h2-8,11H,9-10H2,1H3,(H,22,23). The molecular formula is C20H16FNO2S2. The molecule has 132 valence electrons. The van der Waals surface area contributed by atoms with Crippen molar-refractivity contribution in [3.63, 3.8) is 0 Å². The number of halogens is 1. The van der Waals surface area contributed by atoms with Crippen molar-refractivity contribution < 1.29 is 13.9 Å². The summed E-state index contributed by atoms with van der Waals surface area (Å²) >= 11 is 2.96. The number of ether oxygens (including phenoxy) is 1. The minimum atomic E-state index is -0.325. The second-order valence-electron chi connectivity index (χ2n) is 5.90. The molecule has 2 heterocycles. The molecule has 4 rings (SSSR count). The Morgan fingerprint density at radius 2 is 1.96 bits per heavy atom. The van der Waals surface area contributed by atoms with Crippen LogP contribution in [0.1, 0.15) is 20.8 Å². The highest BCUT2D eigenvalue weighted by atomic mass is 32.1. The Morgan fingerprint density at radius 3 is 2.81 bits per heavy atom. The smallest absolute Gasteiger partial charge is 0.262 e. The quantitative estimate of drug-likeness (QED) is 0.504. The minimum absolute atomic E-state index is 0.199. The van der Waals surface area contributed by atoms with E-state index in [1.807, 2.05) is 18.2 Å². The van der Waals surface area contributed by atoms with E-state index in [1.165, 1.54) is 22.1 Å². The van der Waals surface area contributed by atoms with Crippen LogP contribution in [0.5, 0.6) is 0 Å². The number of nitrogens with one attached hydrogen (secondary N) is 1. The van der Waals surface area contributed by atoms with Gasteiger partial charge >= 0.3 is 0 Å². The molecule has 0 aliphatic heterocycles. The summed E-state index contributed by atoms with van der Waals surface area (Å²) in [6, 6.07) is 13.0. The summed E-state index contributed by atoms with van der Waals surface area (Å²) in [5, 5.41) is 6.66. The first-order valence-electron chi connectivity index (χ1n) is 8.11. The Bertz CT molecular complexity index is 1100. The van der Waals surface area contributed by atoms with Crippen LogP contribution in [0.4, 0.5) is 4.39 Å². The Hall–Kier alpha value is -2.28. The Kier molecular flexibility index (Phi) is 4.72. The summed E-state index contributed by atoms with van der Waals surface area (Å²) in [5.41, 5.74) is 1.69. The fourth-order valence-corrected chi connectivity index (χ4v) is 5.16. The van der Waals surface area contributed by atoms with E-state index in [0.29, 0.717) is 22.4 Å². The van der Waals surface area contributed by atoms with Crippen molar-refractivity contribution >= 4 is 48.8 Å². The van der Waals surface area contributed by atoms with Crippen LogP contribution in [0.3, 0.4) is 0 Å². The highest BCUT2D eigenvalue weighted by Crippen LogP contribution is 2.34. The summed E-state index contributed by atoms with van der Waals surface area (Å²) in [6.07, 6.45) is 0. The number of hydrogen-bond acceptors (Lipinski definition) is 4. The van der Waals surface area contributed by atoms with Crippen molar-refractivity contribution in [3.8, 4) is 0 Å². The van der Waals surface area contributed by atoms with E-state index in [0.717, 1.165) is 15.6 Å². The molecule has 0 radical (unpaired) electrons. The first-order valence-corrected chi connectivity index (χ1v) is 9.80. The lowest BCUT2D eigenvalue weighted by Gasteiger charge is -2.06. The van der Waals surface area contributed by atoms with Crippen LogP contribution < -0.4 is 5.32 Å². The summed E-state index contributed by atoms with van der Waals surface area (Å²) in [7, 11) is 1.55. The molecule has 0 unspecified atom stereocenters. The number of amides is 1. The van der Waals surface area contributed by atoms with Crippen molar-refractivity contribution in [1.82, 2.24) is 5.32 Å². The second kappa shape index (κ2) is 7.15. The average Bonchev–Trinajstić information content (AvgIpc) is 3.23. The molecule has 1 amide bonds. The summed E-state index contributed by atoms with van der Waals surface area (Å²) < 4.78 is 21.4. The van der Waals surface area contributed by atoms with Crippen molar-refractivity contribution in [2.75, 3.05) is 7.11 Å². The maximum absolute atomic E-state index is 14.3. The molecule has 2 aromatic carbocycles. The molecule has 0 atom stereocenters. The van der Waals surface area contributed by atoms with Crippen LogP contribution in [-0.4, -0.2) is 13.0 Å². The van der Waals surface area contributed by atoms with E-state index in [1.54, 1.807) is 24.5 Å². The van der Waals surface area contributed by atoms with Gasteiger partial charge in [0.05, 0.1) is 11.5 Å². The van der Waals surface area contributed by atoms with E-state index in [-0.39, 0.29) is 18.3 Å². The molecule has 0 aliphatic rings. The Balaban J connectivity index is 1.64. The van der Waals surface area contributed by atoms with E-state index in [4.69, 9.17) is 4.74 Å². The predicted octanol–water partition coefficient (Wildman–Crippen LogP) is 5.33. The van der Waals surface area contributed by atoms with Crippen molar-refractivity contribution in [1.29, 1.82) is 0 Å². The highest BCUT2D eigenvalue weighted by Gasteiger charge is 2.20. The molecule has 4 aromatic rings. The lowest BCUT2D eigenvalue weighted by Crippen LogP contribution is -2.22. The first-order chi connectivity index (χ1) is 12.7. The highest BCUT2D eigenvalue weighted by molar-refractivity contribution is 7.21. The number of thiophene rings is 2. The molecule has 6 heteroatoms. The molecule has 3 nitrogen and oxygen atoms in total. The molecule has 0 saturated carbocycles. The Labute approximate surface area is 158 Å². The fourth-order valence-electron chi connectivity index (χ4n) is 3.06. The van der Waals surface area contributed by atoms with Gasteiger partial charge in [-0.25, -0.2) is 4.39 Å². The van der Waals surface area contributed by atoms with E-state index >= 15 is 0 Å². The lowest BCUT2D eigenvalue weighted by molar-refractivity contribution is 0.0951. The van der Waals surface area contributed by atoms with Gasteiger partial charge < -0.3 is 10.1 Å². The largest absolute Gasteiger partial charge is 0.380 e. The van der Waals surface area contributed by atoms with Gasteiger partial charge in [0.2, 0.25) is 0 Å². The third kappa shape index (κ3) is 3.00. The van der Waals surface area contributed by atoms with Crippen LogP contribution in [0.25, 0.3) is 20.2 Å². The summed E-state index contributed by atoms with van der Waals surface area (Å²) in [5.74, 6) is -0.526. The van der Waals surface area contributed by atoms with Gasteiger partial charge in [-0.2, -0.15) is 0 Å². The van der Waals surface area contributed by atoms with Gasteiger partial charge in [0, 0.05) is 34.0 Å². The van der Waals surface area contributed by atoms with E-state index in [2.05, 4.69) is 22.8 Å². The molecule has 26 heavy (non-hydrogen) atoms. The van der Waals surface area contributed by atoms with Gasteiger partial charge in [0.15, 0.2) is 0 Å². The van der Waals surface area contributed by atoms with Crippen molar-refractivity contribution in [2.45, 2.75) is 13.2 Å². The van der Waals surface area contributed by atoms with Crippen LogP contribution in [0.2, 0.25) is 0 Å². The first kappa shape index (κ1) is 17.1. The molecule has 2 aromatic heterocycles. The minimum Gasteiger partial charge on any atom is -0.380 e. The number of carbonyl (C=O) groups excluding carboxylic acids is 1. The summed E-state index contributed by atoms with van der Waals surface area (Å²) in [6.45, 7) is 0.636. The monoisotopic (exact) mass is 385 g/mol. The topological polar surface area (TPSA) is 38.3 Å². The van der Waals surface area contributed by atoms with Crippen LogP contribution in [0.15, 0.2) is 47.8 Å². The van der Waals surface area contributed by atoms with E-state index in [9.17, 15) is 9.18 Å². The van der Waals surface area contributed by atoms with Crippen molar-refractivity contribution in [2.24, 2.45) is 0 Å². The number of fused-ring (bicyclic) bond motifs is 2. The molecule has 0 spiro atoms. The van der Waals surface area contributed by atoms with Gasteiger partial charge in [-0.1, -0.05) is 24.3 Å². The van der Waals surface area contributed by atoms with Crippen LogP contribution >= 0.6 is 22.7 Å². The number of carbonyl (C=O) groups is 1. The van der Waals surface area contributed by atoms with Gasteiger partial charge in [-0.05, 0) is 34.5 Å². The van der Waals surface area contributed by atoms with E-state index < -0.39 is 0 Å². The predicted molar refractivity (Wildman–Crippen MR) is 105 cm³/mol. The molecule has 0 aliphatic carbocycles. The Morgan fingerprint density at radius 1 is 1.15 bits per heavy atom. The third-order valence-corrected chi connectivity index (χ3v) is 6.47. The summed E-state index contributed by atoms with van der Waals surface area (Å²) in [4.78, 5) is 13.3. The lowest BCUT2D eigenvalue weighted by atomic mass is 10.1. The number of benzene rings is 2. The van der Waals surface area contributed by atoms with Crippen LogP contribution in [-0.2, 0) is 17.9 Å². The maximum Gasteiger partial charge on any atom is 0.262 e.